The number of likely N-dealkylation sites (N-methyl/N-ethyl adjacent to an activating group) is 1. The van der Waals surface area contributed by atoms with E-state index in [0.29, 0.717) is 0 Å². The number of hydrogen-bond donors (Lipinski definition) is 0. The summed E-state index contributed by atoms with van der Waals surface area (Å²) in [5.74, 6) is 0. The minimum Gasteiger partial charge on any atom is -0.344 e. The van der Waals surface area contributed by atoms with Gasteiger partial charge in [-0.15, -0.1) is 0 Å². The van der Waals surface area contributed by atoms with Gasteiger partial charge in [0.2, 0.25) is 0 Å². The fourth-order valence-corrected chi connectivity index (χ4v) is 4.11. The van der Waals surface area contributed by atoms with Gasteiger partial charge in [-0.3, -0.25) is 0 Å². The molecule has 0 saturated heterocycles. The summed E-state index contributed by atoms with van der Waals surface area (Å²) in [5.41, 5.74) is 2.47. The van der Waals surface area contributed by atoms with E-state index in [2.05, 4.69) is 56.0 Å². The summed E-state index contributed by atoms with van der Waals surface area (Å²) < 4.78 is 0. The number of allylic oxidation sites excluding steroid dienone is 3. The second-order valence-corrected chi connectivity index (χ2v) is 5.87. The molecule has 1 aliphatic heterocycles. The molecule has 0 bridgehead atoms. The standard InChI is InChI=1S/C14H16NP/c1-5-11-13(6-2)16(4)14-10-8-7-9-12(14)15(11)3/h5-10H,1-2H2,3-4H3. The predicted molar refractivity (Wildman–Crippen MR) is 74.7 cm³/mol. The molecule has 1 aromatic rings. The first kappa shape index (κ1) is 11.2. The van der Waals surface area contributed by atoms with Crippen LogP contribution < -0.4 is 10.2 Å². The Balaban J connectivity index is 2.66. The van der Waals surface area contributed by atoms with E-state index in [1.807, 2.05) is 12.2 Å². The highest BCUT2D eigenvalue weighted by Gasteiger charge is 2.24. The van der Waals surface area contributed by atoms with Gasteiger partial charge >= 0.3 is 0 Å². The van der Waals surface area contributed by atoms with E-state index in [1.165, 1.54) is 22.0 Å². The number of anilines is 1. The van der Waals surface area contributed by atoms with Crippen molar-refractivity contribution in [3.63, 3.8) is 0 Å². The van der Waals surface area contributed by atoms with E-state index in [4.69, 9.17) is 0 Å². The largest absolute Gasteiger partial charge is 0.344 e. The molecule has 1 aromatic carbocycles. The molecule has 0 spiro atoms. The lowest BCUT2D eigenvalue weighted by Gasteiger charge is -2.34. The normalized spacial score (nSPS) is 19.4. The molecule has 1 aliphatic rings. The Hall–Kier alpha value is -1.33. The van der Waals surface area contributed by atoms with Crippen molar-refractivity contribution < 1.29 is 0 Å². The SMILES string of the molecule is C=CC1=C(C=C)P(C)c2ccccc2N1C. The van der Waals surface area contributed by atoms with Gasteiger partial charge in [0.25, 0.3) is 0 Å². The van der Waals surface area contributed by atoms with Crippen molar-refractivity contribution in [3.05, 3.63) is 60.6 Å². The summed E-state index contributed by atoms with van der Waals surface area (Å²) >= 11 is 0. The predicted octanol–water partition coefficient (Wildman–Crippen LogP) is 3.46. The quantitative estimate of drug-likeness (QED) is 0.702. The van der Waals surface area contributed by atoms with Gasteiger partial charge in [-0.2, -0.15) is 0 Å². The Bertz CT molecular complexity index is 430. The molecule has 2 heteroatoms. The molecule has 82 valence electrons. The minimum absolute atomic E-state index is 0.294. The molecule has 1 atom stereocenters. The van der Waals surface area contributed by atoms with Crippen LogP contribution >= 0.6 is 7.92 Å². The summed E-state index contributed by atoms with van der Waals surface area (Å²) in [7, 11) is 1.79. The molecule has 0 fully saturated rings. The highest BCUT2D eigenvalue weighted by molar-refractivity contribution is 7.69. The van der Waals surface area contributed by atoms with Crippen LogP contribution in [-0.2, 0) is 0 Å². The molecule has 0 saturated carbocycles. The number of benzene rings is 1. The molecule has 0 amide bonds. The number of fused-ring (bicyclic) bond motifs is 1. The molecule has 1 heterocycles. The molecule has 1 nitrogen and oxygen atoms in total. The first-order chi connectivity index (χ1) is 7.70. The Morgan fingerprint density at radius 2 is 1.88 bits per heavy atom. The lowest BCUT2D eigenvalue weighted by molar-refractivity contribution is 1.13. The molecule has 16 heavy (non-hydrogen) atoms. The van der Waals surface area contributed by atoms with Crippen LogP contribution in [-0.4, -0.2) is 13.7 Å². The van der Waals surface area contributed by atoms with Crippen LogP contribution in [0.4, 0.5) is 5.69 Å². The first-order valence-corrected chi connectivity index (χ1v) is 7.05. The van der Waals surface area contributed by atoms with Crippen LogP contribution in [0.2, 0.25) is 0 Å². The van der Waals surface area contributed by atoms with E-state index in [0.717, 1.165) is 0 Å². The van der Waals surface area contributed by atoms with Gasteiger partial charge in [-0.25, -0.2) is 0 Å². The Morgan fingerprint density at radius 1 is 1.19 bits per heavy atom. The first-order valence-electron chi connectivity index (χ1n) is 5.26. The van der Waals surface area contributed by atoms with Crippen LogP contribution in [0.5, 0.6) is 0 Å². The minimum atomic E-state index is -0.294. The average Bonchev–Trinajstić information content (AvgIpc) is 2.33. The summed E-state index contributed by atoms with van der Waals surface area (Å²) in [5, 5.41) is 2.73. The van der Waals surface area contributed by atoms with Crippen molar-refractivity contribution in [2.75, 3.05) is 18.6 Å². The van der Waals surface area contributed by atoms with Crippen molar-refractivity contribution in [2.24, 2.45) is 0 Å². The van der Waals surface area contributed by atoms with Crippen LogP contribution in [0.15, 0.2) is 60.6 Å². The van der Waals surface area contributed by atoms with Gasteiger partial charge in [0.1, 0.15) is 0 Å². The topological polar surface area (TPSA) is 3.24 Å². The van der Waals surface area contributed by atoms with Crippen molar-refractivity contribution in [1.82, 2.24) is 0 Å². The molecule has 0 radical (unpaired) electrons. The zero-order chi connectivity index (χ0) is 11.7. The number of nitrogens with zero attached hydrogens (tertiary/aromatic N) is 1. The number of para-hydroxylation sites is 1. The number of hydrogen-bond acceptors (Lipinski definition) is 1. The van der Waals surface area contributed by atoms with Gasteiger partial charge in [0, 0.05) is 29.1 Å². The van der Waals surface area contributed by atoms with Crippen molar-refractivity contribution in [3.8, 4) is 0 Å². The molecule has 0 N–H and O–H groups in total. The monoisotopic (exact) mass is 229 g/mol. The van der Waals surface area contributed by atoms with E-state index < -0.39 is 0 Å². The maximum absolute atomic E-state index is 3.92. The van der Waals surface area contributed by atoms with E-state index in [9.17, 15) is 0 Å². The summed E-state index contributed by atoms with van der Waals surface area (Å²) in [6.07, 6.45) is 3.89. The second-order valence-electron chi connectivity index (χ2n) is 3.79. The third-order valence-electron chi connectivity index (χ3n) is 2.98. The third kappa shape index (κ3) is 1.52. The zero-order valence-electron chi connectivity index (χ0n) is 9.77. The average molecular weight is 229 g/mol. The molecule has 0 aromatic heterocycles. The lowest BCUT2D eigenvalue weighted by atomic mass is 10.2. The smallest absolute Gasteiger partial charge is 0.0489 e. The third-order valence-corrected chi connectivity index (χ3v) is 5.21. The molecular formula is C14H16NP. The Morgan fingerprint density at radius 3 is 2.50 bits per heavy atom. The van der Waals surface area contributed by atoms with Gasteiger partial charge < -0.3 is 4.90 Å². The maximum Gasteiger partial charge on any atom is 0.0489 e. The molecular weight excluding hydrogens is 213 g/mol. The summed E-state index contributed by atoms with van der Waals surface area (Å²) in [6, 6.07) is 8.56. The fraction of sp³-hybridized carbons (Fsp3) is 0.143. The van der Waals surface area contributed by atoms with Gasteiger partial charge in [-0.05, 0) is 26.7 Å². The van der Waals surface area contributed by atoms with Crippen LogP contribution in [0.1, 0.15) is 0 Å². The summed E-state index contributed by atoms with van der Waals surface area (Å²) in [6.45, 7) is 10.1. The number of rotatable bonds is 2. The van der Waals surface area contributed by atoms with Gasteiger partial charge in [0.15, 0.2) is 0 Å². The molecule has 1 unspecified atom stereocenters. The highest BCUT2D eigenvalue weighted by Crippen LogP contribution is 2.49. The van der Waals surface area contributed by atoms with Crippen LogP contribution in [0.25, 0.3) is 0 Å². The fourth-order valence-electron chi connectivity index (χ4n) is 2.12. The Labute approximate surface area is 98.5 Å². The maximum atomic E-state index is 3.92. The lowest BCUT2D eigenvalue weighted by Crippen LogP contribution is -2.26. The second kappa shape index (κ2) is 4.27. The van der Waals surface area contributed by atoms with Gasteiger partial charge in [0.05, 0.1) is 0 Å². The van der Waals surface area contributed by atoms with Crippen LogP contribution in [0, 0.1) is 0 Å². The van der Waals surface area contributed by atoms with E-state index in [-0.39, 0.29) is 7.92 Å². The van der Waals surface area contributed by atoms with Crippen molar-refractivity contribution in [1.29, 1.82) is 0 Å². The molecule has 2 rings (SSSR count). The Kier molecular flexibility index (Phi) is 2.98. The van der Waals surface area contributed by atoms with E-state index >= 15 is 0 Å². The van der Waals surface area contributed by atoms with E-state index in [1.54, 1.807) is 0 Å². The van der Waals surface area contributed by atoms with Crippen molar-refractivity contribution >= 4 is 18.9 Å². The van der Waals surface area contributed by atoms with Gasteiger partial charge in [-0.1, -0.05) is 37.4 Å². The zero-order valence-corrected chi connectivity index (χ0v) is 10.7. The molecule has 0 aliphatic carbocycles. The van der Waals surface area contributed by atoms with Crippen molar-refractivity contribution in [2.45, 2.75) is 0 Å². The van der Waals surface area contributed by atoms with Crippen LogP contribution in [0.3, 0.4) is 0 Å². The highest BCUT2D eigenvalue weighted by atomic mass is 31.1. The summed E-state index contributed by atoms with van der Waals surface area (Å²) in [4.78, 5) is 2.20.